The van der Waals surface area contributed by atoms with Gasteiger partial charge in [-0.05, 0) is 88.4 Å². The second-order valence-corrected chi connectivity index (χ2v) is 12.9. The second-order valence-electron chi connectivity index (χ2n) is 10.6. The third-order valence-corrected chi connectivity index (χ3v) is 7.24. The Kier molecular flexibility index (Phi) is 10.6. The summed E-state index contributed by atoms with van der Waals surface area (Å²) in [7, 11) is -3.55. The van der Waals surface area contributed by atoms with Crippen molar-refractivity contribution in [3.8, 4) is 0 Å². The Labute approximate surface area is 227 Å². The monoisotopic (exact) mass is 549 g/mol. The molecule has 0 radical (unpaired) electrons. The fraction of sp³-hybridized carbons (Fsp3) is 0.500. The molecule has 2 amide bonds. The molecular formula is C28H40ClN3O4S. The third kappa shape index (κ3) is 9.67. The summed E-state index contributed by atoms with van der Waals surface area (Å²) in [4.78, 5) is 28.2. The first-order valence-corrected chi connectivity index (χ1v) is 14.8. The lowest BCUT2D eigenvalue weighted by molar-refractivity contribution is -0.142. The van der Waals surface area contributed by atoms with Crippen LogP contribution >= 0.6 is 11.6 Å². The van der Waals surface area contributed by atoms with Crippen molar-refractivity contribution < 1.29 is 18.0 Å². The average Bonchev–Trinajstić information content (AvgIpc) is 2.75. The van der Waals surface area contributed by atoms with Gasteiger partial charge < -0.3 is 10.2 Å². The van der Waals surface area contributed by atoms with E-state index >= 15 is 0 Å². The highest BCUT2D eigenvalue weighted by Gasteiger charge is 2.30. The highest BCUT2D eigenvalue weighted by atomic mass is 35.5. The normalized spacial score (nSPS) is 12.6. The quantitative estimate of drug-likeness (QED) is 0.416. The standard InChI is InChI=1S/C28H40ClN3O4S/c1-8-25(27(34)30-28(4,5)6)31(19-22-11-13-23(29)14-12-22)26(33)10-9-15-32(37(7,35)36)24-17-20(2)16-21(3)18-24/h11-14,16-18,25H,8-10,15,19H2,1-7H3,(H,30,34). The predicted octanol–water partition coefficient (Wildman–Crippen LogP) is 5.23. The Morgan fingerprint density at radius 1 is 1.03 bits per heavy atom. The highest BCUT2D eigenvalue weighted by molar-refractivity contribution is 7.92. The van der Waals surface area contributed by atoms with Gasteiger partial charge in [0.15, 0.2) is 0 Å². The van der Waals surface area contributed by atoms with Gasteiger partial charge in [-0.2, -0.15) is 0 Å². The van der Waals surface area contributed by atoms with E-state index in [1.54, 1.807) is 17.0 Å². The highest BCUT2D eigenvalue weighted by Crippen LogP contribution is 2.23. The molecule has 0 saturated carbocycles. The van der Waals surface area contributed by atoms with Crippen LogP contribution in [-0.4, -0.2) is 49.5 Å². The number of nitrogens with one attached hydrogen (secondary N) is 1. The van der Waals surface area contributed by atoms with Crippen molar-refractivity contribution in [3.05, 3.63) is 64.2 Å². The van der Waals surface area contributed by atoms with Gasteiger partial charge in [0, 0.05) is 30.1 Å². The number of nitrogens with zero attached hydrogens (tertiary/aromatic N) is 2. The first-order valence-electron chi connectivity index (χ1n) is 12.5. The molecule has 0 spiro atoms. The molecule has 7 nitrogen and oxygen atoms in total. The lowest BCUT2D eigenvalue weighted by Gasteiger charge is -2.33. The van der Waals surface area contributed by atoms with Gasteiger partial charge in [0.05, 0.1) is 11.9 Å². The largest absolute Gasteiger partial charge is 0.350 e. The number of benzene rings is 2. The molecule has 2 aromatic carbocycles. The lowest BCUT2D eigenvalue weighted by Crippen LogP contribution is -2.53. The molecule has 0 bridgehead atoms. The van der Waals surface area contributed by atoms with Crippen molar-refractivity contribution >= 4 is 39.1 Å². The van der Waals surface area contributed by atoms with Crippen molar-refractivity contribution in [3.63, 3.8) is 0 Å². The molecule has 1 unspecified atom stereocenters. The number of amides is 2. The summed E-state index contributed by atoms with van der Waals surface area (Å²) < 4.78 is 26.5. The molecule has 9 heteroatoms. The summed E-state index contributed by atoms with van der Waals surface area (Å²) in [6.07, 6.45) is 2.03. The molecule has 0 aliphatic rings. The number of hydrogen-bond acceptors (Lipinski definition) is 4. The minimum absolute atomic E-state index is 0.101. The van der Waals surface area contributed by atoms with Gasteiger partial charge in [-0.1, -0.05) is 36.7 Å². The minimum atomic E-state index is -3.55. The van der Waals surface area contributed by atoms with E-state index < -0.39 is 21.6 Å². The molecule has 0 aromatic heterocycles. The molecule has 0 heterocycles. The zero-order valence-electron chi connectivity index (χ0n) is 23.0. The van der Waals surface area contributed by atoms with E-state index in [9.17, 15) is 18.0 Å². The first-order chi connectivity index (χ1) is 17.1. The van der Waals surface area contributed by atoms with E-state index in [0.717, 1.165) is 16.7 Å². The number of anilines is 1. The van der Waals surface area contributed by atoms with Crippen LogP contribution in [0.5, 0.6) is 0 Å². The molecule has 1 atom stereocenters. The van der Waals surface area contributed by atoms with Crippen LogP contribution < -0.4 is 9.62 Å². The van der Waals surface area contributed by atoms with Crippen molar-refractivity contribution in [2.45, 2.75) is 78.9 Å². The summed E-state index contributed by atoms with van der Waals surface area (Å²) in [5, 5.41) is 3.57. The summed E-state index contributed by atoms with van der Waals surface area (Å²) in [6.45, 7) is 11.8. The molecular weight excluding hydrogens is 510 g/mol. The SMILES string of the molecule is CCC(C(=O)NC(C)(C)C)N(Cc1ccc(Cl)cc1)C(=O)CCCN(c1cc(C)cc(C)c1)S(C)(=O)=O. The summed E-state index contributed by atoms with van der Waals surface area (Å²) in [6, 6.07) is 12.2. The van der Waals surface area contributed by atoms with Crippen LogP contribution in [0.25, 0.3) is 0 Å². The second kappa shape index (κ2) is 12.8. The van der Waals surface area contributed by atoms with Gasteiger partial charge in [-0.15, -0.1) is 0 Å². The van der Waals surface area contributed by atoms with Crippen LogP contribution in [0, 0.1) is 13.8 Å². The predicted molar refractivity (Wildman–Crippen MR) is 151 cm³/mol. The van der Waals surface area contributed by atoms with Crippen molar-refractivity contribution in [1.29, 1.82) is 0 Å². The molecule has 0 aliphatic heterocycles. The Morgan fingerprint density at radius 3 is 2.08 bits per heavy atom. The van der Waals surface area contributed by atoms with Crippen molar-refractivity contribution in [2.75, 3.05) is 17.1 Å². The van der Waals surface area contributed by atoms with Crippen molar-refractivity contribution in [2.24, 2.45) is 0 Å². The fourth-order valence-corrected chi connectivity index (χ4v) is 5.33. The van der Waals surface area contributed by atoms with E-state index in [-0.39, 0.29) is 31.3 Å². The smallest absolute Gasteiger partial charge is 0.243 e. The Bertz CT molecular complexity index is 1170. The van der Waals surface area contributed by atoms with Crippen LogP contribution in [0.3, 0.4) is 0 Å². The Hall–Kier alpha value is -2.58. The first kappa shape index (κ1) is 30.6. The van der Waals surface area contributed by atoms with E-state index in [4.69, 9.17) is 11.6 Å². The fourth-order valence-electron chi connectivity index (χ4n) is 4.26. The molecule has 0 saturated heterocycles. The number of rotatable bonds is 11. The Morgan fingerprint density at radius 2 is 1.59 bits per heavy atom. The molecule has 204 valence electrons. The molecule has 2 rings (SSSR count). The molecule has 0 aliphatic carbocycles. The number of aryl methyl sites for hydroxylation is 2. The van der Waals surface area contributed by atoms with Gasteiger partial charge >= 0.3 is 0 Å². The molecule has 2 aromatic rings. The number of carbonyl (C=O) groups is 2. The zero-order valence-corrected chi connectivity index (χ0v) is 24.5. The van der Waals surface area contributed by atoms with Gasteiger partial charge in [-0.25, -0.2) is 8.42 Å². The summed E-state index contributed by atoms with van der Waals surface area (Å²) in [5.74, 6) is -0.426. The van der Waals surface area contributed by atoms with Gasteiger partial charge in [0.2, 0.25) is 21.8 Å². The van der Waals surface area contributed by atoms with E-state index in [2.05, 4.69) is 5.32 Å². The van der Waals surface area contributed by atoms with Gasteiger partial charge in [0.1, 0.15) is 6.04 Å². The maximum absolute atomic E-state index is 13.5. The van der Waals surface area contributed by atoms with Gasteiger partial charge in [-0.3, -0.25) is 13.9 Å². The minimum Gasteiger partial charge on any atom is -0.350 e. The maximum atomic E-state index is 13.5. The lowest BCUT2D eigenvalue weighted by atomic mass is 10.0. The Balaban J connectivity index is 2.26. The molecule has 1 N–H and O–H groups in total. The van der Waals surface area contributed by atoms with E-state index in [1.807, 2.05) is 71.9 Å². The average molecular weight is 550 g/mol. The number of halogens is 1. The number of carbonyl (C=O) groups excluding carboxylic acids is 2. The van der Waals surface area contributed by atoms with E-state index in [0.29, 0.717) is 23.6 Å². The maximum Gasteiger partial charge on any atom is 0.243 e. The summed E-state index contributed by atoms with van der Waals surface area (Å²) >= 11 is 6.03. The zero-order chi connectivity index (χ0) is 28.0. The molecule has 0 fully saturated rings. The number of hydrogen-bond donors (Lipinski definition) is 1. The summed E-state index contributed by atoms with van der Waals surface area (Å²) in [5.41, 5.74) is 2.92. The number of sulfonamides is 1. The van der Waals surface area contributed by atoms with Crippen LogP contribution in [0.1, 0.15) is 63.6 Å². The van der Waals surface area contributed by atoms with Crippen LogP contribution in [-0.2, 0) is 26.2 Å². The van der Waals surface area contributed by atoms with Gasteiger partial charge in [0.25, 0.3) is 0 Å². The van der Waals surface area contributed by atoms with Crippen LogP contribution in [0.2, 0.25) is 5.02 Å². The topological polar surface area (TPSA) is 86.8 Å². The van der Waals surface area contributed by atoms with Crippen LogP contribution in [0.4, 0.5) is 5.69 Å². The van der Waals surface area contributed by atoms with Crippen LogP contribution in [0.15, 0.2) is 42.5 Å². The third-order valence-electron chi connectivity index (χ3n) is 5.80. The van der Waals surface area contributed by atoms with E-state index in [1.165, 1.54) is 10.6 Å². The van der Waals surface area contributed by atoms with Crippen molar-refractivity contribution in [1.82, 2.24) is 10.2 Å². The molecule has 37 heavy (non-hydrogen) atoms.